The Labute approximate surface area is 110 Å². The Morgan fingerprint density at radius 3 is 2.61 bits per heavy atom. The number of alkyl halides is 3. The molecule has 0 heterocycles. The fourth-order valence-corrected chi connectivity index (χ4v) is 1.39. The van der Waals surface area contributed by atoms with Crippen LogP contribution in [-0.4, -0.2) is 25.2 Å². The molecule has 0 fully saturated rings. The molecule has 0 aliphatic heterocycles. The maximum atomic E-state index is 11.7. The number of hydroxylamine groups is 1. The molecular formula is C10H10BrF3N2O2. The first-order chi connectivity index (χ1) is 8.38. The number of carbonyl (C=O) groups is 1. The van der Waals surface area contributed by atoms with Crippen molar-refractivity contribution in [2.24, 2.45) is 0 Å². The second kappa shape index (κ2) is 6.72. The summed E-state index contributed by atoms with van der Waals surface area (Å²) in [5.41, 5.74) is 2.46. The largest absolute Gasteiger partial charge is 0.413 e. The van der Waals surface area contributed by atoms with Gasteiger partial charge in [-0.2, -0.15) is 18.7 Å². The third-order valence-electron chi connectivity index (χ3n) is 1.72. The fourth-order valence-electron chi connectivity index (χ4n) is 1.01. The van der Waals surface area contributed by atoms with Gasteiger partial charge in [0.25, 0.3) is 0 Å². The molecule has 0 aliphatic carbocycles. The van der Waals surface area contributed by atoms with Gasteiger partial charge >= 0.3 is 6.18 Å². The van der Waals surface area contributed by atoms with E-state index in [0.29, 0.717) is 10.2 Å². The highest BCUT2D eigenvalue weighted by molar-refractivity contribution is 9.10. The lowest BCUT2D eigenvalue weighted by Gasteiger charge is -2.09. The lowest BCUT2D eigenvalue weighted by atomic mass is 10.3. The van der Waals surface area contributed by atoms with Crippen LogP contribution >= 0.6 is 15.9 Å². The number of rotatable bonds is 5. The Morgan fingerprint density at radius 1 is 1.33 bits per heavy atom. The first kappa shape index (κ1) is 14.9. The maximum absolute atomic E-state index is 11.7. The average molecular weight is 327 g/mol. The zero-order valence-electron chi connectivity index (χ0n) is 9.05. The van der Waals surface area contributed by atoms with Gasteiger partial charge in [0.05, 0.1) is 5.69 Å². The highest BCUT2D eigenvalue weighted by Gasteiger charge is 2.27. The molecule has 0 radical (unpaired) electrons. The highest BCUT2D eigenvalue weighted by Crippen LogP contribution is 2.20. The minimum Gasteiger partial charge on any atom is -0.324 e. The molecule has 1 amide bonds. The van der Waals surface area contributed by atoms with E-state index in [0.717, 1.165) is 0 Å². The van der Waals surface area contributed by atoms with Gasteiger partial charge in [-0.1, -0.05) is 12.1 Å². The van der Waals surface area contributed by atoms with E-state index >= 15 is 0 Å². The number of amides is 1. The van der Waals surface area contributed by atoms with Crippen LogP contribution in [0.4, 0.5) is 18.9 Å². The van der Waals surface area contributed by atoms with Crippen molar-refractivity contribution < 1.29 is 22.8 Å². The van der Waals surface area contributed by atoms with E-state index in [9.17, 15) is 18.0 Å². The van der Waals surface area contributed by atoms with Crippen LogP contribution < -0.4 is 10.8 Å². The molecule has 0 spiro atoms. The van der Waals surface area contributed by atoms with Crippen LogP contribution in [-0.2, 0) is 9.63 Å². The van der Waals surface area contributed by atoms with Crippen molar-refractivity contribution in [3.63, 3.8) is 0 Å². The second-order valence-electron chi connectivity index (χ2n) is 3.25. The first-order valence-corrected chi connectivity index (χ1v) is 5.63. The van der Waals surface area contributed by atoms with Gasteiger partial charge in [-0.05, 0) is 28.1 Å². The number of para-hydroxylation sites is 1. The van der Waals surface area contributed by atoms with Crippen LogP contribution in [0.2, 0.25) is 0 Å². The molecule has 100 valence electrons. The first-order valence-electron chi connectivity index (χ1n) is 4.84. The predicted octanol–water partition coefficient (Wildman–Crippen LogP) is 2.47. The molecule has 1 rings (SSSR count). The van der Waals surface area contributed by atoms with Crippen molar-refractivity contribution in [3.05, 3.63) is 28.7 Å². The monoisotopic (exact) mass is 326 g/mol. The maximum Gasteiger partial charge on any atom is 0.413 e. The van der Waals surface area contributed by atoms with Gasteiger partial charge in [0.15, 0.2) is 6.61 Å². The van der Waals surface area contributed by atoms with Crippen molar-refractivity contribution in [2.75, 3.05) is 18.5 Å². The number of anilines is 1. The number of benzene rings is 1. The molecule has 2 N–H and O–H groups in total. The molecule has 0 saturated heterocycles. The zero-order chi connectivity index (χ0) is 13.6. The van der Waals surface area contributed by atoms with E-state index in [2.05, 4.69) is 26.1 Å². The molecule has 8 heteroatoms. The van der Waals surface area contributed by atoms with Crippen molar-refractivity contribution in [3.8, 4) is 0 Å². The van der Waals surface area contributed by atoms with Gasteiger partial charge in [-0.3, -0.25) is 9.63 Å². The Balaban J connectivity index is 2.29. The third-order valence-corrected chi connectivity index (χ3v) is 2.41. The molecule has 0 unspecified atom stereocenters. The van der Waals surface area contributed by atoms with E-state index in [1.165, 1.54) is 0 Å². The van der Waals surface area contributed by atoms with Gasteiger partial charge in [-0.15, -0.1) is 0 Å². The average Bonchev–Trinajstić information content (AvgIpc) is 2.26. The Morgan fingerprint density at radius 2 is 2.00 bits per heavy atom. The summed E-state index contributed by atoms with van der Waals surface area (Å²) in [5.74, 6) is -0.510. The second-order valence-corrected chi connectivity index (χ2v) is 4.11. The molecule has 4 nitrogen and oxygen atoms in total. The summed E-state index contributed by atoms with van der Waals surface area (Å²) in [6.45, 7) is -1.83. The summed E-state index contributed by atoms with van der Waals surface area (Å²) in [6, 6.07) is 6.86. The molecule has 18 heavy (non-hydrogen) atoms. The molecule has 1 aromatic carbocycles. The van der Waals surface area contributed by atoms with Crippen molar-refractivity contribution in [1.29, 1.82) is 0 Å². The lowest BCUT2D eigenvalue weighted by Crippen LogP contribution is -2.31. The lowest BCUT2D eigenvalue weighted by molar-refractivity contribution is -0.189. The van der Waals surface area contributed by atoms with E-state index in [-0.39, 0.29) is 6.54 Å². The van der Waals surface area contributed by atoms with E-state index in [1.54, 1.807) is 24.3 Å². The Hall–Kier alpha value is -1.12. The predicted molar refractivity (Wildman–Crippen MR) is 62.8 cm³/mol. The minimum absolute atomic E-state index is 0.378. The van der Waals surface area contributed by atoms with Gasteiger partial charge < -0.3 is 5.32 Å². The smallest absolute Gasteiger partial charge is 0.324 e. The van der Waals surface area contributed by atoms with Crippen LogP contribution in [0.3, 0.4) is 0 Å². The fraction of sp³-hybridized carbons (Fsp3) is 0.300. The number of carbonyl (C=O) groups excluding carboxylic acids is 1. The molecule has 0 saturated carbocycles. The van der Waals surface area contributed by atoms with Crippen molar-refractivity contribution in [2.45, 2.75) is 6.18 Å². The van der Waals surface area contributed by atoms with Crippen LogP contribution in [0.1, 0.15) is 0 Å². The van der Waals surface area contributed by atoms with Crippen molar-refractivity contribution >= 4 is 27.5 Å². The highest BCUT2D eigenvalue weighted by atomic mass is 79.9. The molecule has 0 aromatic heterocycles. The summed E-state index contributed by atoms with van der Waals surface area (Å²) < 4.78 is 35.8. The normalized spacial score (nSPS) is 11.3. The van der Waals surface area contributed by atoms with Gasteiger partial charge in [-0.25, -0.2) is 0 Å². The summed E-state index contributed by atoms with van der Waals surface area (Å²) in [6.07, 6.45) is -4.42. The topological polar surface area (TPSA) is 50.4 Å². The molecule has 0 bridgehead atoms. The van der Waals surface area contributed by atoms with Gasteiger partial charge in [0, 0.05) is 4.47 Å². The van der Waals surface area contributed by atoms with Crippen LogP contribution in [0.5, 0.6) is 0 Å². The van der Waals surface area contributed by atoms with E-state index in [1.807, 2.05) is 5.48 Å². The van der Waals surface area contributed by atoms with Crippen LogP contribution in [0, 0.1) is 0 Å². The number of halogens is 4. The number of nitrogens with one attached hydrogen (secondary N) is 2. The Bertz CT molecular complexity index is 412. The number of hydrogen-bond donors (Lipinski definition) is 2. The zero-order valence-corrected chi connectivity index (χ0v) is 10.6. The number of hydrogen-bond acceptors (Lipinski definition) is 3. The standard InChI is InChI=1S/C10H10BrF3N2O2/c11-7-3-1-2-4-8(7)16-9(17)5-15-18-6-10(12,13)14/h1-4,15H,5-6H2,(H,16,17). The quantitative estimate of drug-likeness (QED) is 0.645. The molecule has 0 aliphatic rings. The van der Waals surface area contributed by atoms with E-state index < -0.39 is 18.7 Å². The van der Waals surface area contributed by atoms with Crippen LogP contribution in [0.25, 0.3) is 0 Å². The van der Waals surface area contributed by atoms with E-state index in [4.69, 9.17) is 0 Å². The molecular weight excluding hydrogens is 317 g/mol. The van der Waals surface area contributed by atoms with Crippen LogP contribution in [0.15, 0.2) is 28.7 Å². The minimum atomic E-state index is -4.42. The third kappa shape index (κ3) is 5.99. The molecule has 0 atom stereocenters. The SMILES string of the molecule is O=C(CNOCC(F)(F)F)Nc1ccccc1Br. The van der Waals surface area contributed by atoms with Gasteiger partial charge in [0.2, 0.25) is 5.91 Å². The molecule has 1 aromatic rings. The summed E-state index contributed by atoms with van der Waals surface area (Å²) in [5, 5.41) is 2.50. The summed E-state index contributed by atoms with van der Waals surface area (Å²) in [7, 11) is 0. The summed E-state index contributed by atoms with van der Waals surface area (Å²) >= 11 is 3.22. The Kier molecular flexibility index (Phi) is 5.57. The van der Waals surface area contributed by atoms with Gasteiger partial charge in [0.1, 0.15) is 6.54 Å². The van der Waals surface area contributed by atoms with Crippen molar-refractivity contribution in [1.82, 2.24) is 5.48 Å². The summed E-state index contributed by atoms with van der Waals surface area (Å²) in [4.78, 5) is 15.4.